The van der Waals surface area contributed by atoms with Gasteiger partial charge in [0, 0.05) is 11.4 Å². The van der Waals surface area contributed by atoms with Crippen molar-refractivity contribution in [1.29, 1.82) is 0 Å². The maximum atomic E-state index is 11.9. The van der Waals surface area contributed by atoms with Crippen molar-refractivity contribution in [1.82, 2.24) is 5.32 Å². The van der Waals surface area contributed by atoms with Crippen molar-refractivity contribution in [2.45, 2.75) is 39.2 Å². The van der Waals surface area contributed by atoms with E-state index in [1.165, 1.54) is 10.4 Å². The fourth-order valence-corrected chi connectivity index (χ4v) is 2.95. The highest BCUT2D eigenvalue weighted by molar-refractivity contribution is 7.14. The minimum atomic E-state index is -0.370. The quantitative estimate of drug-likeness (QED) is 0.844. The topological polar surface area (TPSA) is 49.3 Å². The maximum absolute atomic E-state index is 11.9. The number of amides is 1. The molecule has 1 unspecified atom stereocenters. The van der Waals surface area contributed by atoms with Crippen LogP contribution in [0.2, 0.25) is 0 Å². The third kappa shape index (κ3) is 3.07. The van der Waals surface area contributed by atoms with Gasteiger partial charge in [-0.25, -0.2) is 0 Å². The molecule has 1 aromatic heterocycles. The molecule has 1 aliphatic carbocycles. The van der Waals surface area contributed by atoms with Gasteiger partial charge in [0.2, 0.25) is 0 Å². The highest BCUT2D eigenvalue weighted by Gasteiger charge is 2.29. The van der Waals surface area contributed by atoms with Crippen molar-refractivity contribution in [3.05, 3.63) is 21.4 Å². The Balaban J connectivity index is 1.89. The van der Waals surface area contributed by atoms with Crippen LogP contribution in [-0.4, -0.2) is 23.7 Å². The number of aliphatic hydroxyl groups is 1. The van der Waals surface area contributed by atoms with Gasteiger partial charge in [0.15, 0.2) is 0 Å². The zero-order valence-corrected chi connectivity index (χ0v) is 11.1. The van der Waals surface area contributed by atoms with Gasteiger partial charge in [-0.3, -0.25) is 4.79 Å². The molecule has 0 aliphatic heterocycles. The zero-order valence-electron chi connectivity index (χ0n) is 10.3. The third-order valence-corrected chi connectivity index (χ3v) is 4.58. The monoisotopic (exact) mass is 253 g/mol. The van der Waals surface area contributed by atoms with Gasteiger partial charge >= 0.3 is 0 Å². The van der Waals surface area contributed by atoms with Crippen molar-refractivity contribution in [2.75, 3.05) is 6.54 Å². The summed E-state index contributed by atoms with van der Waals surface area (Å²) in [4.78, 5) is 13.9. The Labute approximate surface area is 106 Å². The first-order valence-corrected chi connectivity index (χ1v) is 6.99. The molecule has 1 saturated carbocycles. The van der Waals surface area contributed by atoms with Crippen LogP contribution in [0.5, 0.6) is 0 Å². The number of carbonyl (C=O) groups excluding carboxylic acids is 1. The lowest BCUT2D eigenvalue weighted by molar-refractivity contribution is 0.0905. The van der Waals surface area contributed by atoms with E-state index in [4.69, 9.17) is 0 Å². The lowest BCUT2D eigenvalue weighted by Crippen LogP contribution is -2.32. The molecular formula is C13H19NO2S. The van der Waals surface area contributed by atoms with E-state index < -0.39 is 0 Å². The second kappa shape index (κ2) is 5.19. The molecule has 1 fully saturated rings. The van der Waals surface area contributed by atoms with E-state index in [1.807, 2.05) is 13.0 Å². The molecule has 1 aliphatic rings. The molecule has 0 bridgehead atoms. The highest BCUT2D eigenvalue weighted by atomic mass is 32.1. The molecule has 0 aromatic carbocycles. The Morgan fingerprint density at radius 1 is 1.65 bits per heavy atom. The zero-order chi connectivity index (χ0) is 12.4. The Kier molecular flexibility index (Phi) is 3.84. The summed E-state index contributed by atoms with van der Waals surface area (Å²) in [6.45, 7) is 4.50. The molecule has 0 spiro atoms. The van der Waals surface area contributed by atoms with Crippen LogP contribution in [0.25, 0.3) is 0 Å². The van der Waals surface area contributed by atoms with E-state index in [0.29, 0.717) is 12.5 Å². The van der Waals surface area contributed by atoms with Crippen molar-refractivity contribution < 1.29 is 9.90 Å². The smallest absolute Gasteiger partial charge is 0.261 e. The summed E-state index contributed by atoms with van der Waals surface area (Å²) in [5.41, 5.74) is 1.19. The van der Waals surface area contributed by atoms with E-state index in [2.05, 4.69) is 12.2 Å². The lowest BCUT2D eigenvalue weighted by atomic mass is 10.2. The summed E-state index contributed by atoms with van der Waals surface area (Å²) in [6.07, 6.45) is 2.78. The molecule has 94 valence electrons. The van der Waals surface area contributed by atoms with Crippen LogP contribution >= 0.6 is 11.3 Å². The van der Waals surface area contributed by atoms with Crippen LogP contribution in [0.4, 0.5) is 0 Å². The van der Waals surface area contributed by atoms with E-state index in [1.54, 1.807) is 11.3 Å². The van der Waals surface area contributed by atoms with Crippen molar-refractivity contribution >= 4 is 17.2 Å². The molecule has 4 heteroatoms. The molecular weight excluding hydrogens is 234 g/mol. The minimum Gasteiger partial charge on any atom is -0.391 e. The number of nitrogens with one attached hydrogen (secondary N) is 1. The van der Waals surface area contributed by atoms with Gasteiger partial charge in [0.25, 0.3) is 5.91 Å². The second-order valence-electron chi connectivity index (χ2n) is 4.69. The summed E-state index contributed by atoms with van der Waals surface area (Å²) < 4.78 is 0. The largest absolute Gasteiger partial charge is 0.391 e. The summed E-state index contributed by atoms with van der Waals surface area (Å²) >= 11 is 1.55. The molecule has 0 radical (unpaired) electrons. The van der Waals surface area contributed by atoms with Gasteiger partial charge in [-0.1, -0.05) is 6.92 Å². The van der Waals surface area contributed by atoms with E-state index in [0.717, 1.165) is 24.1 Å². The van der Waals surface area contributed by atoms with Crippen LogP contribution in [0.15, 0.2) is 6.07 Å². The Morgan fingerprint density at radius 3 is 2.88 bits per heavy atom. The summed E-state index contributed by atoms with van der Waals surface area (Å²) in [7, 11) is 0. The van der Waals surface area contributed by atoms with Crippen molar-refractivity contribution in [3.8, 4) is 0 Å². The second-order valence-corrected chi connectivity index (χ2v) is 5.82. The van der Waals surface area contributed by atoms with Gasteiger partial charge < -0.3 is 10.4 Å². The fourth-order valence-electron chi connectivity index (χ4n) is 1.91. The van der Waals surface area contributed by atoms with Gasteiger partial charge in [0.1, 0.15) is 0 Å². The van der Waals surface area contributed by atoms with Gasteiger partial charge in [-0.05, 0) is 43.7 Å². The van der Waals surface area contributed by atoms with Crippen LogP contribution in [0, 0.1) is 12.8 Å². The molecule has 3 nitrogen and oxygen atoms in total. The predicted octanol–water partition coefficient (Wildman–Crippen LogP) is 2.12. The van der Waals surface area contributed by atoms with Crippen molar-refractivity contribution in [2.24, 2.45) is 5.92 Å². The molecule has 1 atom stereocenters. The highest BCUT2D eigenvalue weighted by Crippen LogP contribution is 2.32. The van der Waals surface area contributed by atoms with E-state index in [-0.39, 0.29) is 12.0 Å². The average molecular weight is 253 g/mol. The predicted molar refractivity (Wildman–Crippen MR) is 69.5 cm³/mol. The minimum absolute atomic E-state index is 0.0579. The first-order chi connectivity index (χ1) is 8.11. The van der Waals surface area contributed by atoms with Crippen LogP contribution in [0.1, 0.15) is 39.9 Å². The van der Waals surface area contributed by atoms with E-state index >= 15 is 0 Å². The molecule has 0 saturated heterocycles. The SMILES string of the molecule is CCc1sc(C(=O)NCC(O)C2CC2)cc1C. The molecule has 1 heterocycles. The lowest BCUT2D eigenvalue weighted by Gasteiger charge is -2.09. The normalized spacial score (nSPS) is 16.9. The maximum Gasteiger partial charge on any atom is 0.261 e. The summed E-state index contributed by atoms with van der Waals surface area (Å²) in [5, 5.41) is 12.5. The van der Waals surface area contributed by atoms with Gasteiger partial charge in [0.05, 0.1) is 11.0 Å². The Morgan fingerprint density at radius 2 is 2.35 bits per heavy atom. The Bertz CT molecular complexity index is 410. The van der Waals surface area contributed by atoms with Gasteiger partial charge in [-0.2, -0.15) is 0 Å². The third-order valence-electron chi connectivity index (χ3n) is 3.20. The number of hydrogen-bond donors (Lipinski definition) is 2. The summed E-state index contributed by atoms with van der Waals surface area (Å²) in [6, 6.07) is 1.93. The summed E-state index contributed by atoms with van der Waals surface area (Å²) in [5.74, 6) is 0.351. The number of hydrogen-bond acceptors (Lipinski definition) is 3. The van der Waals surface area contributed by atoms with Crippen LogP contribution < -0.4 is 5.32 Å². The van der Waals surface area contributed by atoms with E-state index in [9.17, 15) is 9.90 Å². The fraction of sp³-hybridized carbons (Fsp3) is 0.615. The average Bonchev–Trinajstić information content (AvgIpc) is 3.09. The van der Waals surface area contributed by atoms with Crippen LogP contribution in [0.3, 0.4) is 0 Å². The van der Waals surface area contributed by atoms with Gasteiger partial charge in [-0.15, -0.1) is 11.3 Å². The first-order valence-electron chi connectivity index (χ1n) is 6.17. The number of thiophene rings is 1. The number of carbonyl (C=O) groups is 1. The molecule has 2 rings (SSSR count). The van der Waals surface area contributed by atoms with Crippen LogP contribution in [-0.2, 0) is 6.42 Å². The molecule has 1 aromatic rings. The number of rotatable bonds is 5. The first kappa shape index (κ1) is 12.6. The Hall–Kier alpha value is -0.870. The molecule has 2 N–H and O–H groups in total. The number of aryl methyl sites for hydroxylation is 2. The van der Waals surface area contributed by atoms with Crippen molar-refractivity contribution in [3.63, 3.8) is 0 Å². The molecule has 1 amide bonds. The standard InChI is InChI=1S/C13H19NO2S/c1-3-11-8(2)6-12(17-11)13(16)14-7-10(15)9-4-5-9/h6,9-10,15H,3-5,7H2,1-2H3,(H,14,16). The number of aliphatic hydroxyl groups excluding tert-OH is 1. The molecule has 17 heavy (non-hydrogen) atoms.